The molecule has 1 aromatic heterocycles. The number of thioether (sulfide) groups is 1. The summed E-state index contributed by atoms with van der Waals surface area (Å²) in [4.78, 5) is 17.5. The monoisotopic (exact) mass is 276 g/mol. The van der Waals surface area contributed by atoms with Crippen LogP contribution in [0.2, 0.25) is 0 Å². The summed E-state index contributed by atoms with van der Waals surface area (Å²) >= 11 is 1.59. The molecule has 0 fully saturated rings. The van der Waals surface area contributed by atoms with Crippen LogP contribution in [0, 0.1) is 0 Å². The van der Waals surface area contributed by atoms with E-state index in [0.717, 1.165) is 17.2 Å². The van der Waals surface area contributed by atoms with E-state index in [9.17, 15) is 4.79 Å². The largest absolute Gasteiger partial charge is 0.496 e. The predicted octanol–water partition coefficient (Wildman–Crippen LogP) is 2.86. The number of hydrogen-bond acceptors (Lipinski definition) is 4. The van der Waals surface area contributed by atoms with Gasteiger partial charge in [0.05, 0.1) is 19.6 Å². The highest BCUT2D eigenvalue weighted by molar-refractivity contribution is 7.98. The Labute approximate surface area is 116 Å². The first-order valence-corrected chi connectivity index (χ1v) is 7.20. The van der Waals surface area contributed by atoms with Gasteiger partial charge in [-0.3, -0.25) is 4.79 Å². The molecule has 0 aliphatic heterocycles. The molecule has 0 saturated heterocycles. The van der Waals surface area contributed by atoms with E-state index in [1.165, 1.54) is 0 Å². The highest BCUT2D eigenvalue weighted by Crippen LogP contribution is 2.29. The quantitative estimate of drug-likeness (QED) is 0.622. The number of methoxy groups -OCH3 is 1. The number of ether oxygens (including phenoxy) is 1. The van der Waals surface area contributed by atoms with Crippen LogP contribution >= 0.6 is 11.8 Å². The lowest BCUT2D eigenvalue weighted by molar-refractivity contribution is 0.103. The second-order valence-corrected chi connectivity index (χ2v) is 4.81. The number of aryl methyl sites for hydroxylation is 1. The van der Waals surface area contributed by atoms with Crippen LogP contribution in [-0.2, 0) is 6.54 Å². The predicted molar refractivity (Wildman–Crippen MR) is 76.1 cm³/mol. The molecule has 1 heterocycles. The third-order valence-corrected chi connectivity index (χ3v) is 3.71. The van der Waals surface area contributed by atoms with Crippen LogP contribution < -0.4 is 4.74 Å². The summed E-state index contributed by atoms with van der Waals surface area (Å²) in [5.74, 6) is 0.686. The topological polar surface area (TPSA) is 44.1 Å². The maximum Gasteiger partial charge on any atom is 0.211 e. The molecule has 0 bridgehead atoms. The molecule has 2 aromatic rings. The maximum atomic E-state index is 12.4. The minimum Gasteiger partial charge on any atom is -0.496 e. The molecule has 0 atom stereocenters. The number of aromatic nitrogens is 2. The maximum absolute atomic E-state index is 12.4. The Morgan fingerprint density at radius 2 is 2.26 bits per heavy atom. The van der Waals surface area contributed by atoms with Gasteiger partial charge in [0.1, 0.15) is 11.4 Å². The van der Waals surface area contributed by atoms with Crippen LogP contribution in [0.5, 0.6) is 5.75 Å². The number of ketones is 1. The average molecular weight is 276 g/mol. The van der Waals surface area contributed by atoms with E-state index >= 15 is 0 Å². The first-order valence-electron chi connectivity index (χ1n) is 5.98. The summed E-state index contributed by atoms with van der Waals surface area (Å²) in [5.41, 5.74) is 1.21. The Morgan fingerprint density at radius 3 is 2.89 bits per heavy atom. The Morgan fingerprint density at radius 1 is 1.47 bits per heavy atom. The number of benzene rings is 1. The van der Waals surface area contributed by atoms with E-state index in [1.807, 2.05) is 29.9 Å². The van der Waals surface area contributed by atoms with Gasteiger partial charge in [0.2, 0.25) is 5.78 Å². The van der Waals surface area contributed by atoms with Crippen molar-refractivity contribution < 1.29 is 9.53 Å². The Hall–Kier alpha value is -1.75. The van der Waals surface area contributed by atoms with E-state index in [1.54, 1.807) is 37.5 Å². The van der Waals surface area contributed by atoms with Crippen molar-refractivity contribution >= 4 is 17.5 Å². The van der Waals surface area contributed by atoms with Gasteiger partial charge in [-0.15, -0.1) is 11.8 Å². The zero-order valence-corrected chi connectivity index (χ0v) is 12.0. The summed E-state index contributed by atoms with van der Waals surface area (Å²) in [6, 6.07) is 5.51. The average Bonchev–Trinajstić information content (AvgIpc) is 2.94. The molecule has 0 aliphatic rings. The number of carbonyl (C=O) groups excluding carboxylic acids is 1. The molecule has 0 aliphatic carbocycles. The molecular formula is C14H16N2O2S. The van der Waals surface area contributed by atoms with Crippen molar-refractivity contribution in [1.29, 1.82) is 0 Å². The SMILES string of the molecule is CCn1cncc1C(=O)c1ccc(SC)c(OC)c1. The summed E-state index contributed by atoms with van der Waals surface area (Å²) in [6.45, 7) is 2.71. The molecule has 5 heteroatoms. The Bertz CT molecular complexity index is 593. The second kappa shape index (κ2) is 5.93. The lowest BCUT2D eigenvalue weighted by atomic mass is 10.1. The lowest BCUT2D eigenvalue weighted by Crippen LogP contribution is -2.09. The summed E-state index contributed by atoms with van der Waals surface area (Å²) in [7, 11) is 1.61. The van der Waals surface area contributed by atoms with Gasteiger partial charge in [0.25, 0.3) is 0 Å². The molecule has 0 amide bonds. The van der Waals surface area contributed by atoms with Gasteiger partial charge in [-0.25, -0.2) is 4.98 Å². The van der Waals surface area contributed by atoms with Gasteiger partial charge in [-0.2, -0.15) is 0 Å². The lowest BCUT2D eigenvalue weighted by Gasteiger charge is -2.09. The number of hydrogen-bond donors (Lipinski definition) is 0. The highest BCUT2D eigenvalue weighted by atomic mass is 32.2. The van der Waals surface area contributed by atoms with E-state index in [0.29, 0.717) is 11.3 Å². The van der Waals surface area contributed by atoms with Gasteiger partial charge in [-0.05, 0) is 31.4 Å². The molecule has 19 heavy (non-hydrogen) atoms. The van der Waals surface area contributed by atoms with Crippen LogP contribution in [0.25, 0.3) is 0 Å². The standard InChI is InChI=1S/C14H16N2O2S/c1-4-16-9-15-8-11(16)14(17)10-5-6-13(19-3)12(7-10)18-2/h5-9H,4H2,1-3H3. The van der Waals surface area contributed by atoms with Crippen LogP contribution in [-0.4, -0.2) is 28.7 Å². The number of nitrogens with zero attached hydrogens (tertiary/aromatic N) is 2. The van der Waals surface area contributed by atoms with Crippen LogP contribution in [0.4, 0.5) is 0 Å². The third kappa shape index (κ3) is 2.66. The van der Waals surface area contributed by atoms with Gasteiger partial charge in [-0.1, -0.05) is 0 Å². The van der Waals surface area contributed by atoms with Crippen LogP contribution in [0.1, 0.15) is 23.0 Å². The van der Waals surface area contributed by atoms with Crippen molar-refractivity contribution in [1.82, 2.24) is 9.55 Å². The third-order valence-electron chi connectivity index (χ3n) is 2.93. The van der Waals surface area contributed by atoms with Gasteiger partial charge in [0, 0.05) is 17.0 Å². The molecule has 0 spiro atoms. The van der Waals surface area contributed by atoms with Gasteiger partial charge in [0.15, 0.2) is 0 Å². The first-order chi connectivity index (χ1) is 9.21. The molecule has 2 rings (SSSR count). The summed E-state index contributed by atoms with van der Waals surface area (Å²) in [5, 5.41) is 0. The van der Waals surface area contributed by atoms with Crippen molar-refractivity contribution in [2.75, 3.05) is 13.4 Å². The normalized spacial score (nSPS) is 10.5. The molecular weight excluding hydrogens is 260 g/mol. The Balaban J connectivity index is 2.39. The van der Waals surface area contributed by atoms with Crippen molar-refractivity contribution in [3.05, 3.63) is 42.0 Å². The minimum atomic E-state index is -0.0368. The second-order valence-electron chi connectivity index (χ2n) is 3.96. The van der Waals surface area contributed by atoms with Gasteiger partial charge >= 0.3 is 0 Å². The molecule has 0 N–H and O–H groups in total. The van der Waals surface area contributed by atoms with E-state index < -0.39 is 0 Å². The molecule has 0 radical (unpaired) electrons. The van der Waals surface area contributed by atoms with Gasteiger partial charge < -0.3 is 9.30 Å². The first kappa shape index (κ1) is 13.7. The Kier molecular flexibility index (Phi) is 4.27. The van der Waals surface area contributed by atoms with E-state index in [-0.39, 0.29) is 5.78 Å². The zero-order chi connectivity index (χ0) is 13.8. The smallest absolute Gasteiger partial charge is 0.211 e. The van der Waals surface area contributed by atoms with Crippen molar-refractivity contribution in [2.45, 2.75) is 18.4 Å². The van der Waals surface area contributed by atoms with Crippen molar-refractivity contribution in [3.8, 4) is 5.75 Å². The van der Waals surface area contributed by atoms with Crippen molar-refractivity contribution in [3.63, 3.8) is 0 Å². The summed E-state index contributed by atoms with van der Waals surface area (Å²) in [6.07, 6.45) is 5.24. The molecule has 0 unspecified atom stereocenters. The minimum absolute atomic E-state index is 0.0368. The molecule has 1 aromatic carbocycles. The van der Waals surface area contributed by atoms with Crippen molar-refractivity contribution in [2.24, 2.45) is 0 Å². The number of rotatable bonds is 5. The highest BCUT2D eigenvalue weighted by Gasteiger charge is 2.15. The fourth-order valence-electron chi connectivity index (χ4n) is 1.89. The van der Waals surface area contributed by atoms with E-state index in [2.05, 4.69) is 4.98 Å². The number of imidazole rings is 1. The number of carbonyl (C=O) groups is 1. The molecule has 100 valence electrons. The fraction of sp³-hybridized carbons (Fsp3) is 0.286. The zero-order valence-electron chi connectivity index (χ0n) is 11.2. The molecule has 0 saturated carbocycles. The van der Waals surface area contributed by atoms with Crippen LogP contribution in [0.3, 0.4) is 0 Å². The van der Waals surface area contributed by atoms with Crippen LogP contribution in [0.15, 0.2) is 35.6 Å². The molecule has 4 nitrogen and oxygen atoms in total. The summed E-state index contributed by atoms with van der Waals surface area (Å²) < 4.78 is 7.14. The fourth-order valence-corrected chi connectivity index (χ4v) is 2.43. The van der Waals surface area contributed by atoms with E-state index in [4.69, 9.17) is 4.74 Å².